The highest BCUT2D eigenvalue weighted by Crippen LogP contribution is 2.68. The van der Waals surface area contributed by atoms with Crippen molar-refractivity contribution in [3.05, 3.63) is 71.8 Å². The predicted octanol–water partition coefficient (Wildman–Crippen LogP) is 4.49. The number of ether oxygens (including phenoxy) is 4. The Labute approximate surface area is 228 Å². The van der Waals surface area contributed by atoms with E-state index in [2.05, 4.69) is 0 Å². The topological polar surface area (TPSA) is 108 Å². The number of esters is 3. The number of hydrogen-bond donors (Lipinski definition) is 1. The molecule has 8 heteroatoms. The molecule has 3 aliphatic rings. The molecule has 3 fully saturated rings. The van der Waals surface area contributed by atoms with Gasteiger partial charge in [-0.05, 0) is 70.7 Å². The average molecular weight is 537 g/mol. The average Bonchev–Trinajstić information content (AvgIpc) is 3.13. The lowest BCUT2D eigenvalue weighted by Gasteiger charge is -2.63. The molecule has 5 rings (SSSR count). The van der Waals surface area contributed by atoms with Crippen molar-refractivity contribution in [3.8, 4) is 0 Å². The van der Waals surface area contributed by atoms with E-state index < -0.39 is 58.4 Å². The quantitative estimate of drug-likeness (QED) is 0.440. The fourth-order valence-corrected chi connectivity index (χ4v) is 7.21. The van der Waals surface area contributed by atoms with E-state index in [0.717, 1.165) is 0 Å². The lowest BCUT2D eigenvalue weighted by atomic mass is 9.48. The zero-order valence-electron chi connectivity index (χ0n) is 23.0. The maximum atomic E-state index is 13.4. The lowest BCUT2D eigenvalue weighted by Crippen LogP contribution is -2.77. The lowest BCUT2D eigenvalue weighted by molar-refractivity contribution is -0.322. The van der Waals surface area contributed by atoms with E-state index in [9.17, 15) is 19.5 Å². The summed E-state index contributed by atoms with van der Waals surface area (Å²) in [6.07, 6.45) is -2.01. The first-order valence-electron chi connectivity index (χ1n) is 13.4. The number of fused-ring (bicyclic) bond motifs is 1. The Morgan fingerprint density at radius 1 is 0.821 bits per heavy atom. The number of carbonyl (C=O) groups excluding carboxylic acids is 3. The molecule has 2 unspecified atom stereocenters. The highest BCUT2D eigenvalue weighted by Gasteiger charge is 2.79. The van der Waals surface area contributed by atoms with Gasteiger partial charge in [0, 0.05) is 13.3 Å². The highest BCUT2D eigenvalue weighted by atomic mass is 16.6. The van der Waals surface area contributed by atoms with Gasteiger partial charge in [-0.2, -0.15) is 0 Å². The normalized spacial score (nSPS) is 36.4. The van der Waals surface area contributed by atoms with Crippen LogP contribution in [0.2, 0.25) is 0 Å². The van der Waals surface area contributed by atoms with Crippen LogP contribution in [0.25, 0.3) is 0 Å². The molecule has 8 nitrogen and oxygen atoms in total. The second-order valence-corrected chi connectivity index (χ2v) is 12.0. The van der Waals surface area contributed by atoms with Crippen molar-refractivity contribution in [1.82, 2.24) is 0 Å². The first-order chi connectivity index (χ1) is 18.3. The smallest absolute Gasteiger partial charge is 0.338 e. The van der Waals surface area contributed by atoms with Crippen LogP contribution in [-0.4, -0.2) is 58.1 Å². The first kappa shape index (κ1) is 27.3. The molecule has 0 aromatic heterocycles. The summed E-state index contributed by atoms with van der Waals surface area (Å²) in [5.74, 6) is -1.75. The van der Waals surface area contributed by atoms with Gasteiger partial charge in [0.1, 0.15) is 17.8 Å². The molecule has 1 spiro atoms. The van der Waals surface area contributed by atoms with Gasteiger partial charge in [0.15, 0.2) is 6.10 Å². The summed E-state index contributed by atoms with van der Waals surface area (Å²) in [4.78, 5) is 39.0. The van der Waals surface area contributed by atoms with E-state index in [-0.39, 0.29) is 12.3 Å². The Balaban J connectivity index is 1.64. The van der Waals surface area contributed by atoms with Crippen molar-refractivity contribution in [2.75, 3.05) is 0 Å². The number of benzene rings is 2. The number of hydrogen-bond acceptors (Lipinski definition) is 8. The first-order valence-corrected chi connectivity index (χ1v) is 13.4. The van der Waals surface area contributed by atoms with Crippen molar-refractivity contribution < 1.29 is 38.4 Å². The Hall–Kier alpha value is -3.23. The molecule has 2 aromatic carbocycles. The summed E-state index contributed by atoms with van der Waals surface area (Å²) < 4.78 is 24.9. The fourth-order valence-electron chi connectivity index (χ4n) is 7.21. The summed E-state index contributed by atoms with van der Waals surface area (Å²) in [6, 6.07) is 17.2. The largest absolute Gasteiger partial charge is 0.458 e. The molecule has 2 aromatic rings. The maximum Gasteiger partial charge on any atom is 0.338 e. The second-order valence-electron chi connectivity index (χ2n) is 12.0. The van der Waals surface area contributed by atoms with Crippen LogP contribution in [-0.2, 0) is 23.7 Å². The van der Waals surface area contributed by atoms with Crippen molar-refractivity contribution in [1.29, 1.82) is 0 Å². The van der Waals surface area contributed by atoms with Crippen LogP contribution in [0.1, 0.15) is 74.6 Å². The standard InChI is InChI=1S/C31H36O8/c1-19(32)36-23-18-29(4,35)31-17-22(28(2,3)39-31)16-24(37-26(33)20-12-8-6-9-13-20)30(31,5)25(23)38-27(34)21-14-10-7-11-15-21/h6-15,22-25,35H,16-18H2,1-5H3/t22?,23-,24-,25-,29-,30+,31?/m0/s1. The van der Waals surface area contributed by atoms with Gasteiger partial charge in [0.25, 0.3) is 0 Å². The van der Waals surface area contributed by atoms with Crippen LogP contribution in [0.4, 0.5) is 0 Å². The van der Waals surface area contributed by atoms with Crippen molar-refractivity contribution >= 4 is 17.9 Å². The molecule has 1 N–H and O–H groups in total. The summed E-state index contributed by atoms with van der Waals surface area (Å²) in [5.41, 5.74) is -3.97. The zero-order chi connectivity index (χ0) is 28.2. The highest BCUT2D eigenvalue weighted by molar-refractivity contribution is 5.90. The van der Waals surface area contributed by atoms with Crippen LogP contribution in [0.5, 0.6) is 0 Å². The third kappa shape index (κ3) is 4.34. The Morgan fingerprint density at radius 2 is 1.36 bits per heavy atom. The molecule has 0 amide bonds. The molecule has 2 saturated carbocycles. The summed E-state index contributed by atoms with van der Waals surface area (Å²) in [6.45, 7) is 8.69. The van der Waals surface area contributed by atoms with E-state index in [1.807, 2.05) is 26.8 Å². The monoisotopic (exact) mass is 536 g/mol. The zero-order valence-corrected chi connectivity index (χ0v) is 23.0. The molecule has 0 radical (unpaired) electrons. The Morgan fingerprint density at radius 3 is 1.90 bits per heavy atom. The molecule has 1 saturated heterocycles. The third-order valence-corrected chi connectivity index (χ3v) is 9.21. The minimum atomic E-state index is -1.50. The molecule has 1 aliphatic heterocycles. The molecule has 39 heavy (non-hydrogen) atoms. The minimum absolute atomic E-state index is 0.0168. The van der Waals surface area contributed by atoms with Gasteiger partial charge in [-0.15, -0.1) is 0 Å². The van der Waals surface area contributed by atoms with Crippen LogP contribution >= 0.6 is 0 Å². The molecular formula is C31H36O8. The second kappa shape index (κ2) is 9.45. The van der Waals surface area contributed by atoms with Crippen molar-refractivity contribution in [2.45, 2.75) is 89.0 Å². The third-order valence-electron chi connectivity index (χ3n) is 9.21. The van der Waals surface area contributed by atoms with Crippen LogP contribution in [0, 0.1) is 11.3 Å². The van der Waals surface area contributed by atoms with E-state index in [4.69, 9.17) is 18.9 Å². The van der Waals surface area contributed by atoms with Crippen LogP contribution in [0.3, 0.4) is 0 Å². The minimum Gasteiger partial charge on any atom is -0.458 e. The Kier molecular flexibility index (Phi) is 6.63. The van der Waals surface area contributed by atoms with E-state index in [1.54, 1.807) is 61.5 Å². The van der Waals surface area contributed by atoms with Gasteiger partial charge in [-0.3, -0.25) is 4.79 Å². The Bertz CT molecular complexity index is 1260. The summed E-state index contributed by atoms with van der Waals surface area (Å²) >= 11 is 0. The molecule has 2 bridgehead atoms. The number of aliphatic hydroxyl groups is 1. The van der Waals surface area contributed by atoms with Crippen molar-refractivity contribution in [2.24, 2.45) is 11.3 Å². The molecule has 7 atom stereocenters. The summed E-state index contributed by atoms with van der Waals surface area (Å²) in [5, 5.41) is 12.1. The van der Waals surface area contributed by atoms with Crippen LogP contribution < -0.4 is 0 Å². The molecule has 1 heterocycles. The molecule has 208 valence electrons. The van der Waals surface area contributed by atoms with E-state index in [1.165, 1.54) is 6.92 Å². The molecular weight excluding hydrogens is 500 g/mol. The maximum absolute atomic E-state index is 13.4. The number of rotatable bonds is 5. The van der Waals surface area contributed by atoms with Gasteiger partial charge in [-0.25, -0.2) is 9.59 Å². The van der Waals surface area contributed by atoms with Crippen molar-refractivity contribution in [3.63, 3.8) is 0 Å². The van der Waals surface area contributed by atoms with Gasteiger partial charge >= 0.3 is 17.9 Å². The van der Waals surface area contributed by atoms with Gasteiger partial charge in [-0.1, -0.05) is 36.4 Å². The van der Waals surface area contributed by atoms with Gasteiger partial charge in [0.2, 0.25) is 0 Å². The molecule has 2 aliphatic carbocycles. The van der Waals surface area contributed by atoms with Gasteiger partial charge in [0.05, 0.1) is 27.7 Å². The van der Waals surface area contributed by atoms with E-state index >= 15 is 0 Å². The number of carbonyl (C=O) groups is 3. The predicted molar refractivity (Wildman–Crippen MR) is 141 cm³/mol. The SMILES string of the molecule is CC(=O)O[C@H]1C[C@](C)(O)C23CC(C[C@H](OC(=O)c4ccccc4)[C@]2(C)[C@H]1OC(=O)c1ccccc1)C(C)(C)O3. The van der Waals surface area contributed by atoms with Gasteiger partial charge < -0.3 is 24.1 Å². The van der Waals surface area contributed by atoms with E-state index in [0.29, 0.717) is 24.0 Å². The fraction of sp³-hybridized carbons (Fsp3) is 0.516. The summed E-state index contributed by atoms with van der Waals surface area (Å²) in [7, 11) is 0. The van der Waals surface area contributed by atoms with Crippen LogP contribution in [0.15, 0.2) is 60.7 Å².